The van der Waals surface area contributed by atoms with Crippen molar-refractivity contribution in [2.45, 2.75) is 25.7 Å². The Kier molecular flexibility index (Phi) is 4.25. The second-order valence-corrected chi connectivity index (χ2v) is 3.68. The largest absolute Gasteiger partial charge is 0.481 e. The van der Waals surface area contributed by atoms with Crippen LogP contribution in [0.25, 0.3) is 0 Å². The molecule has 0 aromatic carbocycles. The van der Waals surface area contributed by atoms with Gasteiger partial charge in [-0.25, -0.2) is 8.78 Å². The smallest absolute Gasteiger partial charge is 0.304 e. The molecule has 1 rings (SSSR count). The van der Waals surface area contributed by atoms with E-state index in [4.69, 9.17) is 5.11 Å². The second-order valence-electron chi connectivity index (χ2n) is 3.68. The molecule has 1 unspecified atom stereocenters. The van der Waals surface area contributed by atoms with Gasteiger partial charge in [0.1, 0.15) is 0 Å². The van der Waals surface area contributed by atoms with Gasteiger partial charge in [0, 0.05) is 19.0 Å². The lowest BCUT2D eigenvalue weighted by Gasteiger charge is -2.31. The summed E-state index contributed by atoms with van der Waals surface area (Å²) in [6.07, 6.45) is -0.936. The van der Waals surface area contributed by atoms with Crippen LogP contribution in [0.2, 0.25) is 0 Å². The molecule has 0 bridgehead atoms. The minimum absolute atomic E-state index is 0.0377. The number of carboxylic acid groups (broad SMARTS) is 1. The van der Waals surface area contributed by atoms with E-state index in [9.17, 15) is 13.6 Å². The van der Waals surface area contributed by atoms with Crippen molar-refractivity contribution in [3.8, 4) is 0 Å². The highest BCUT2D eigenvalue weighted by molar-refractivity contribution is 5.66. The molecule has 0 saturated carbocycles. The molecule has 1 aliphatic heterocycles. The van der Waals surface area contributed by atoms with Crippen LogP contribution in [0.5, 0.6) is 0 Å². The molecule has 0 spiro atoms. The van der Waals surface area contributed by atoms with Crippen molar-refractivity contribution in [1.82, 2.24) is 4.90 Å². The molecule has 3 nitrogen and oxygen atoms in total. The molecule has 0 aliphatic carbocycles. The van der Waals surface area contributed by atoms with Crippen LogP contribution in [-0.4, -0.2) is 42.0 Å². The van der Waals surface area contributed by atoms with Crippen molar-refractivity contribution in [1.29, 1.82) is 0 Å². The molecule has 0 amide bonds. The molecule has 5 heteroatoms. The predicted octanol–water partition coefficient (Wildman–Crippen LogP) is 1.44. The lowest BCUT2D eigenvalue weighted by molar-refractivity contribution is -0.137. The number of hydrogen-bond donors (Lipinski definition) is 1. The first-order chi connectivity index (χ1) is 6.59. The van der Waals surface area contributed by atoms with Crippen LogP contribution in [0.4, 0.5) is 8.78 Å². The lowest BCUT2D eigenvalue weighted by Crippen LogP contribution is -2.39. The summed E-state index contributed by atoms with van der Waals surface area (Å²) in [4.78, 5) is 12.1. The summed E-state index contributed by atoms with van der Waals surface area (Å²) < 4.78 is 24.7. The molecule has 14 heavy (non-hydrogen) atoms. The van der Waals surface area contributed by atoms with Crippen molar-refractivity contribution in [3.05, 3.63) is 0 Å². The number of hydrogen-bond acceptors (Lipinski definition) is 2. The van der Waals surface area contributed by atoms with Crippen molar-refractivity contribution in [3.63, 3.8) is 0 Å². The molecule has 0 aromatic heterocycles. The monoisotopic (exact) mass is 207 g/mol. The minimum Gasteiger partial charge on any atom is -0.481 e. The van der Waals surface area contributed by atoms with Crippen molar-refractivity contribution in [2.24, 2.45) is 5.92 Å². The Labute approximate surface area is 81.7 Å². The number of likely N-dealkylation sites (tertiary alicyclic amines) is 1. The van der Waals surface area contributed by atoms with Gasteiger partial charge in [0.15, 0.2) is 0 Å². The van der Waals surface area contributed by atoms with Crippen LogP contribution < -0.4 is 0 Å². The van der Waals surface area contributed by atoms with E-state index in [1.54, 1.807) is 0 Å². The maximum atomic E-state index is 12.3. The number of nitrogens with zero attached hydrogens (tertiary/aromatic N) is 1. The van der Waals surface area contributed by atoms with Gasteiger partial charge >= 0.3 is 5.97 Å². The molecule has 0 aromatic rings. The fraction of sp³-hybridized carbons (Fsp3) is 0.889. The van der Waals surface area contributed by atoms with E-state index in [-0.39, 0.29) is 6.42 Å². The molecule has 1 N–H and O–H groups in total. The van der Waals surface area contributed by atoms with E-state index in [1.807, 2.05) is 4.90 Å². The summed E-state index contributed by atoms with van der Waals surface area (Å²) in [5.41, 5.74) is 0. The van der Waals surface area contributed by atoms with E-state index in [1.165, 1.54) is 0 Å². The number of halogens is 2. The van der Waals surface area contributed by atoms with Crippen LogP contribution >= 0.6 is 0 Å². The molecule has 1 atom stereocenters. The Balaban J connectivity index is 2.29. The third kappa shape index (κ3) is 3.57. The maximum Gasteiger partial charge on any atom is 0.304 e. The average molecular weight is 207 g/mol. The normalized spacial score (nSPS) is 24.1. The highest BCUT2D eigenvalue weighted by Gasteiger charge is 2.26. The molecule has 1 saturated heterocycles. The molecule has 1 fully saturated rings. The van der Waals surface area contributed by atoms with Gasteiger partial charge in [-0.15, -0.1) is 0 Å². The standard InChI is InChI=1S/C9H15F2NO2/c10-9(11)7-2-1-4-12(6-7)5-3-8(13)14/h7,9H,1-6H2,(H,13,14). The Morgan fingerprint density at radius 1 is 1.57 bits per heavy atom. The first-order valence-electron chi connectivity index (χ1n) is 4.82. The van der Waals surface area contributed by atoms with Crippen molar-refractivity contribution < 1.29 is 18.7 Å². The van der Waals surface area contributed by atoms with Gasteiger partial charge in [0.2, 0.25) is 6.43 Å². The van der Waals surface area contributed by atoms with E-state index in [2.05, 4.69) is 0 Å². The van der Waals surface area contributed by atoms with Crippen molar-refractivity contribution >= 4 is 5.97 Å². The SMILES string of the molecule is O=C(O)CCN1CCCC(C(F)F)C1. The van der Waals surface area contributed by atoms with E-state index < -0.39 is 18.3 Å². The highest BCUT2D eigenvalue weighted by atomic mass is 19.3. The van der Waals surface area contributed by atoms with E-state index >= 15 is 0 Å². The second kappa shape index (κ2) is 5.24. The van der Waals surface area contributed by atoms with Gasteiger partial charge in [0.05, 0.1) is 6.42 Å². The summed E-state index contributed by atoms with van der Waals surface area (Å²) in [6.45, 7) is 1.47. The summed E-state index contributed by atoms with van der Waals surface area (Å²) in [6, 6.07) is 0. The van der Waals surface area contributed by atoms with Gasteiger partial charge in [-0.2, -0.15) is 0 Å². The molecule has 1 heterocycles. The zero-order chi connectivity index (χ0) is 10.6. The summed E-state index contributed by atoms with van der Waals surface area (Å²) in [5.74, 6) is -1.44. The van der Waals surface area contributed by atoms with Crippen LogP contribution in [0.1, 0.15) is 19.3 Å². The lowest BCUT2D eigenvalue weighted by atomic mass is 9.98. The average Bonchev–Trinajstić information content (AvgIpc) is 2.15. The zero-order valence-electron chi connectivity index (χ0n) is 7.96. The quantitative estimate of drug-likeness (QED) is 0.758. The van der Waals surface area contributed by atoms with Gasteiger partial charge in [-0.3, -0.25) is 4.79 Å². The number of carboxylic acids is 1. The Morgan fingerprint density at radius 3 is 2.86 bits per heavy atom. The summed E-state index contributed by atoms with van der Waals surface area (Å²) >= 11 is 0. The first kappa shape index (κ1) is 11.4. The number of piperidine rings is 1. The first-order valence-corrected chi connectivity index (χ1v) is 4.82. The van der Waals surface area contributed by atoms with Crippen LogP contribution in [0, 0.1) is 5.92 Å². The summed E-state index contributed by atoms with van der Waals surface area (Å²) in [7, 11) is 0. The molecular formula is C9H15F2NO2. The number of aliphatic carboxylic acids is 1. The molecule has 82 valence electrons. The molecule has 1 aliphatic rings. The fourth-order valence-electron chi connectivity index (χ4n) is 1.75. The third-order valence-electron chi connectivity index (χ3n) is 2.54. The van der Waals surface area contributed by atoms with Gasteiger partial charge in [-0.1, -0.05) is 0 Å². The van der Waals surface area contributed by atoms with Gasteiger partial charge in [-0.05, 0) is 19.4 Å². The zero-order valence-corrected chi connectivity index (χ0v) is 7.96. The van der Waals surface area contributed by atoms with E-state index in [0.717, 1.165) is 13.0 Å². The third-order valence-corrected chi connectivity index (χ3v) is 2.54. The maximum absolute atomic E-state index is 12.3. The minimum atomic E-state index is -2.28. The van der Waals surface area contributed by atoms with Crippen LogP contribution in [0.15, 0.2) is 0 Å². The predicted molar refractivity (Wildman–Crippen MR) is 47.4 cm³/mol. The topological polar surface area (TPSA) is 40.5 Å². The Bertz CT molecular complexity index is 199. The number of carbonyl (C=O) groups is 1. The Hall–Kier alpha value is -0.710. The van der Waals surface area contributed by atoms with Crippen LogP contribution in [-0.2, 0) is 4.79 Å². The molecule has 0 radical (unpaired) electrons. The van der Waals surface area contributed by atoms with Crippen LogP contribution in [0.3, 0.4) is 0 Å². The number of alkyl halides is 2. The Morgan fingerprint density at radius 2 is 2.29 bits per heavy atom. The highest BCUT2D eigenvalue weighted by Crippen LogP contribution is 2.22. The summed E-state index contributed by atoms with van der Waals surface area (Å²) in [5, 5.41) is 8.44. The fourth-order valence-corrected chi connectivity index (χ4v) is 1.75. The van der Waals surface area contributed by atoms with E-state index in [0.29, 0.717) is 19.5 Å². The van der Waals surface area contributed by atoms with Crippen molar-refractivity contribution in [2.75, 3.05) is 19.6 Å². The van der Waals surface area contributed by atoms with Gasteiger partial charge < -0.3 is 10.0 Å². The van der Waals surface area contributed by atoms with Gasteiger partial charge in [0.25, 0.3) is 0 Å². The molecular weight excluding hydrogens is 192 g/mol. The number of rotatable bonds is 4.